The maximum atomic E-state index is 12.3. The summed E-state index contributed by atoms with van der Waals surface area (Å²) in [5, 5.41) is 0. The van der Waals surface area contributed by atoms with Gasteiger partial charge in [-0.05, 0) is 31.4 Å². The molecule has 2 heterocycles. The quantitative estimate of drug-likeness (QED) is 0.897. The molecule has 0 aromatic carbocycles. The number of nitrogens with zero attached hydrogens (tertiary/aromatic N) is 2. The number of nitrogen functional groups attached to an aromatic ring is 1. The zero-order valence-electron chi connectivity index (χ0n) is 11.3. The van der Waals surface area contributed by atoms with Gasteiger partial charge in [0, 0.05) is 19.7 Å². The molecule has 0 radical (unpaired) electrons. The largest absolute Gasteiger partial charge is 0.384 e. The van der Waals surface area contributed by atoms with Crippen LogP contribution in [-0.4, -0.2) is 41.6 Å². The first-order valence-electron chi connectivity index (χ1n) is 6.84. The number of hydrogen-bond acceptors (Lipinski definition) is 4. The Labute approximate surface area is 113 Å². The van der Waals surface area contributed by atoms with Crippen LogP contribution < -0.4 is 5.73 Å². The number of amides is 1. The van der Waals surface area contributed by atoms with Crippen molar-refractivity contribution in [3.8, 4) is 0 Å². The van der Waals surface area contributed by atoms with Gasteiger partial charge >= 0.3 is 0 Å². The fourth-order valence-electron chi connectivity index (χ4n) is 2.28. The third kappa shape index (κ3) is 3.67. The topological polar surface area (TPSA) is 68.5 Å². The van der Waals surface area contributed by atoms with Gasteiger partial charge in [0.2, 0.25) is 0 Å². The van der Waals surface area contributed by atoms with Gasteiger partial charge in [0.05, 0.1) is 6.10 Å². The van der Waals surface area contributed by atoms with Crippen molar-refractivity contribution >= 4 is 11.7 Å². The van der Waals surface area contributed by atoms with Crippen LogP contribution in [0.25, 0.3) is 0 Å². The number of ether oxygens (including phenoxy) is 1. The van der Waals surface area contributed by atoms with Gasteiger partial charge in [0.25, 0.3) is 5.91 Å². The number of hydrogen-bond donors (Lipinski definition) is 1. The number of carbonyl (C=O) groups is 1. The third-order valence-electron chi connectivity index (χ3n) is 3.21. The Kier molecular flexibility index (Phi) is 4.74. The molecule has 1 saturated heterocycles. The summed E-state index contributed by atoms with van der Waals surface area (Å²) in [5.41, 5.74) is 6.03. The molecule has 1 aliphatic heterocycles. The number of anilines is 1. The predicted octanol–water partition coefficient (Wildman–Crippen LogP) is 1.69. The zero-order valence-corrected chi connectivity index (χ0v) is 11.3. The molecule has 1 unspecified atom stereocenters. The molecule has 1 amide bonds. The van der Waals surface area contributed by atoms with Crippen LogP contribution in [0, 0.1) is 0 Å². The second-order valence-electron chi connectivity index (χ2n) is 4.83. The maximum absolute atomic E-state index is 12.3. The number of piperidine rings is 1. The lowest BCUT2D eigenvalue weighted by Gasteiger charge is -2.32. The van der Waals surface area contributed by atoms with E-state index in [1.54, 1.807) is 18.2 Å². The molecule has 5 heteroatoms. The van der Waals surface area contributed by atoms with E-state index >= 15 is 0 Å². The molecule has 2 rings (SSSR count). The highest BCUT2D eigenvalue weighted by molar-refractivity contribution is 5.92. The molecule has 0 spiro atoms. The van der Waals surface area contributed by atoms with E-state index in [1.807, 2.05) is 4.90 Å². The molecule has 1 atom stereocenters. The van der Waals surface area contributed by atoms with Gasteiger partial charge in [-0.15, -0.1) is 0 Å². The molecule has 19 heavy (non-hydrogen) atoms. The van der Waals surface area contributed by atoms with Crippen molar-refractivity contribution in [2.45, 2.75) is 32.3 Å². The minimum absolute atomic E-state index is 0.0582. The summed E-state index contributed by atoms with van der Waals surface area (Å²) in [4.78, 5) is 18.2. The zero-order chi connectivity index (χ0) is 13.7. The average Bonchev–Trinajstić information content (AvgIpc) is 2.44. The lowest BCUT2D eigenvalue weighted by Crippen LogP contribution is -2.43. The predicted molar refractivity (Wildman–Crippen MR) is 73.8 cm³/mol. The van der Waals surface area contributed by atoms with Gasteiger partial charge in [-0.2, -0.15) is 0 Å². The Balaban J connectivity index is 1.99. The van der Waals surface area contributed by atoms with E-state index in [0.29, 0.717) is 18.1 Å². The first kappa shape index (κ1) is 13.8. The molecule has 104 valence electrons. The fourth-order valence-corrected chi connectivity index (χ4v) is 2.28. The van der Waals surface area contributed by atoms with Crippen LogP contribution in [0.15, 0.2) is 18.2 Å². The maximum Gasteiger partial charge on any atom is 0.272 e. The number of pyridine rings is 1. The molecule has 1 aliphatic rings. The van der Waals surface area contributed by atoms with E-state index in [4.69, 9.17) is 10.5 Å². The average molecular weight is 263 g/mol. The Morgan fingerprint density at radius 1 is 1.58 bits per heavy atom. The Morgan fingerprint density at radius 3 is 3.16 bits per heavy atom. The van der Waals surface area contributed by atoms with Gasteiger partial charge in [0.1, 0.15) is 11.5 Å². The van der Waals surface area contributed by atoms with Crippen LogP contribution in [0.2, 0.25) is 0 Å². The lowest BCUT2D eigenvalue weighted by atomic mass is 10.1. The van der Waals surface area contributed by atoms with E-state index in [1.165, 1.54) is 0 Å². The monoisotopic (exact) mass is 263 g/mol. The number of carbonyl (C=O) groups excluding carboxylic acids is 1. The van der Waals surface area contributed by atoms with Crippen molar-refractivity contribution < 1.29 is 9.53 Å². The van der Waals surface area contributed by atoms with E-state index in [9.17, 15) is 4.79 Å². The van der Waals surface area contributed by atoms with Crippen LogP contribution in [0.5, 0.6) is 0 Å². The summed E-state index contributed by atoms with van der Waals surface area (Å²) in [6.07, 6.45) is 3.15. The van der Waals surface area contributed by atoms with Crippen LogP contribution >= 0.6 is 0 Å². The van der Waals surface area contributed by atoms with Crippen molar-refractivity contribution in [1.82, 2.24) is 9.88 Å². The Morgan fingerprint density at radius 2 is 2.42 bits per heavy atom. The molecular weight excluding hydrogens is 242 g/mol. The van der Waals surface area contributed by atoms with E-state index in [0.717, 1.165) is 32.4 Å². The fraction of sp³-hybridized carbons (Fsp3) is 0.571. The summed E-state index contributed by atoms with van der Waals surface area (Å²) in [6, 6.07) is 5.14. The first-order chi connectivity index (χ1) is 9.20. The molecule has 1 aromatic heterocycles. The van der Waals surface area contributed by atoms with Gasteiger partial charge in [-0.3, -0.25) is 4.79 Å². The van der Waals surface area contributed by atoms with E-state index < -0.39 is 0 Å². The van der Waals surface area contributed by atoms with Gasteiger partial charge in [-0.25, -0.2) is 4.98 Å². The third-order valence-corrected chi connectivity index (χ3v) is 3.21. The van der Waals surface area contributed by atoms with Gasteiger partial charge in [0.15, 0.2) is 0 Å². The second kappa shape index (κ2) is 6.52. The van der Waals surface area contributed by atoms with Crippen LogP contribution in [-0.2, 0) is 4.74 Å². The molecule has 0 aliphatic carbocycles. The summed E-state index contributed by atoms with van der Waals surface area (Å²) in [6.45, 7) is 4.25. The standard InChI is InChI=1S/C14H21N3O2/c1-2-9-19-11-5-4-8-17(10-11)14(18)12-6-3-7-13(15)16-12/h3,6-7,11H,2,4-5,8-10H2,1H3,(H2,15,16). The van der Waals surface area contributed by atoms with E-state index in [2.05, 4.69) is 11.9 Å². The highest BCUT2D eigenvalue weighted by atomic mass is 16.5. The number of likely N-dealkylation sites (tertiary alicyclic amines) is 1. The lowest BCUT2D eigenvalue weighted by molar-refractivity contribution is 0.00193. The number of nitrogens with two attached hydrogens (primary N) is 1. The van der Waals surface area contributed by atoms with Crippen LogP contribution in [0.3, 0.4) is 0 Å². The summed E-state index contributed by atoms with van der Waals surface area (Å²) in [5.74, 6) is 0.318. The van der Waals surface area contributed by atoms with Crippen molar-refractivity contribution in [3.63, 3.8) is 0 Å². The number of aromatic nitrogens is 1. The molecule has 0 bridgehead atoms. The Hall–Kier alpha value is -1.62. The molecule has 2 N–H and O–H groups in total. The molecule has 1 fully saturated rings. The van der Waals surface area contributed by atoms with Crippen molar-refractivity contribution in [2.75, 3.05) is 25.4 Å². The Bertz CT molecular complexity index is 436. The van der Waals surface area contributed by atoms with Crippen LogP contribution in [0.1, 0.15) is 36.7 Å². The van der Waals surface area contributed by atoms with E-state index in [-0.39, 0.29) is 12.0 Å². The number of rotatable bonds is 4. The normalized spacial score (nSPS) is 19.4. The molecule has 5 nitrogen and oxygen atoms in total. The molecule has 1 aromatic rings. The highest BCUT2D eigenvalue weighted by Crippen LogP contribution is 2.16. The van der Waals surface area contributed by atoms with Crippen LogP contribution in [0.4, 0.5) is 5.82 Å². The van der Waals surface area contributed by atoms with Crippen molar-refractivity contribution in [3.05, 3.63) is 23.9 Å². The summed E-state index contributed by atoms with van der Waals surface area (Å²) < 4.78 is 5.73. The first-order valence-corrected chi connectivity index (χ1v) is 6.84. The minimum Gasteiger partial charge on any atom is -0.384 e. The van der Waals surface area contributed by atoms with Crippen molar-refractivity contribution in [2.24, 2.45) is 0 Å². The van der Waals surface area contributed by atoms with Gasteiger partial charge in [-0.1, -0.05) is 13.0 Å². The smallest absolute Gasteiger partial charge is 0.272 e. The molecular formula is C14H21N3O2. The summed E-state index contributed by atoms with van der Waals surface area (Å²) >= 11 is 0. The van der Waals surface area contributed by atoms with Gasteiger partial charge < -0.3 is 15.4 Å². The minimum atomic E-state index is -0.0582. The van der Waals surface area contributed by atoms with Crippen molar-refractivity contribution in [1.29, 1.82) is 0 Å². The SMILES string of the molecule is CCCOC1CCCN(C(=O)c2cccc(N)n2)C1. The molecule has 0 saturated carbocycles. The second-order valence-corrected chi connectivity index (χ2v) is 4.83. The highest BCUT2D eigenvalue weighted by Gasteiger charge is 2.25. The summed E-state index contributed by atoms with van der Waals surface area (Å²) in [7, 11) is 0.